The number of hydrogen-bond acceptors (Lipinski definition) is 6. The molecule has 2 aromatic rings. The summed E-state index contributed by atoms with van der Waals surface area (Å²) in [5, 5.41) is 1.77. The molecule has 0 aromatic heterocycles. The standard InChI is InChI=1S/C22H27N3O3/c1-4-6-15-25(5-2)21-23-22(28-24(21)3)17-11-7-9-13-19(17)26-16-27-20-14-10-8-12-18(20)22/h7-14H,4-6,15-16H2,1-3H3. The number of hydrogen-bond donors (Lipinski definition) is 0. The van der Waals surface area contributed by atoms with Gasteiger partial charge >= 0.3 is 0 Å². The molecule has 6 nitrogen and oxygen atoms in total. The number of para-hydroxylation sites is 2. The summed E-state index contributed by atoms with van der Waals surface area (Å²) < 4.78 is 11.8. The Kier molecular flexibility index (Phi) is 5.13. The van der Waals surface area contributed by atoms with E-state index in [1.165, 1.54) is 0 Å². The Morgan fingerprint density at radius 3 is 2.18 bits per heavy atom. The fourth-order valence-electron chi connectivity index (χ4n) is 3.75. The Labute approximate surface area is 166 Å². The number of nitrogens with zero attached hydrogens (tertiary/aromatic N) is 3. The molecule has 0 unspecified atom stereocenters. The Bertz CT molecular complexity index is 820. The average molecular weight is 381 g/mol. The number of guanidine groups is 1. The molecular weight excluding hydrogens is 354 g/mol. The van der Waals surface area contributed by atoms with Crippen LogP contribution in [0.15, 0.2) is 53.5 Å². The van der Waals surface area contributed by atoms with Crippen molar-refractivity contribution < 1.29 is 14.3 Å². The lowest BCUT2D eigenvalue weighted by molar-refractivity contribution is -0.158. The van der Waals surface area contributed by atoms with Gasteiger partial charge in [-0.05, 0) is 37.6 Å². The number of hydroxylamine groups is 2. The van der Waals surface area contributed by atoms with E-state index in [1.807, 2.05) is 55.6 Å². The number of rotatable bonds is 4. The van der Waals surface area contributed by atoms with Crippen LogP contribution >= 0.6 is 0 Å². The van der Waals surface area contributed by atoms with Crippen molar-refractivity contribution in [3.8, 4) is 11.5 Å². The number of unbranched alkanes of at least 4 members (excludes halogenated alkanes) is 1. The van der Waals surface area contributed by atoms with Crippen LogP contribution in [0.25, 0.3) is 0 Å². The van der Waals surface area contributed by atoms with Crippen LogP contribution in [0.3, 0.4) is 0 Å². The van der Waals surface area contributed by atoms with E-state index in [1.54, 1.807) is 5.06 Å². The number of benzene rings is 2. The molecule has 1 spiro atoms. The van der Waals surface area contributed by atoms with Crippen LogP contribution < -0.4 is 9.47 Å². The third kappa shape index (κ3) is 3.07. The Morgan fingerprint density at radius 1 is 1.00 bits per heavy atom. The average Bonchev–Trinajstić information content (AvgIpc) is 3.07. The Morgan fingerprint density at radius 2 is 1.61 bits per heavy atom. The predicted octanol–water partition coefficient (Wildman–Crippen LogP) is 3.97. The van der Waals surface area contributed by atoms with Crippen LogP contribution in [-0.2, 0) is 10.6 Å². The van der Waals surface area contributed by atoms with Crippen molar-refractivity contribution in [3.05, 3.63) is 59.7 Å². The second-order valence-electron chi connectivity index (χ2n) is 6.98. The molecule has 4 rings (SSSR count). The first kappa shape index (κ1) is 18.6. The van der Waals surface area contributed by atoms with Gasteiger partial charge in [0.05, 0.1) is 11.1 Å². The summed E-state index contributed by atoms with van der Waals surface area (Å²) >= 11 is 0. The van der Waals surface area contributed by atoms with Gasteiger partial charge in [0.15, 0.2) is 0 Å². The minimum atomic E-state index is -1.04. The zero-order valence-electron chi connectivity index (χ0n) is 16.7. The minimum Gasteiger partial charge on any atom is -0.457 e. The maximum Gasteiger partial charge on any atom is 0.247 e. The lowest BCUT2D eigenvalue weighted by atomic mass is 9.93. The van der Waals surface area contributed by atoms with Gasteiger partial charge in [-0.2, -0.15) is 0 Å². The number of fused-ring (bicyclic) bond motifs is 4. The summed E-state index contributed by atoms with van der Waals surface area (Å²) in [6.45, 7) is 6.28. The molecule has 2 aliphatic rings. The third-order valence-corrected chi connectivity index (χ3v) is 5.19. The smallest absolute Gasteiger partial charge is 0.247 e. The highest BCUT2D eigenvalue weighted by Crippen LogP contribution is 2.48. The van der Waals surface area contributed by atoms with Crippen LogP contribution in [0.1, 0.15) is 37.8 Å². The lowest BCUT2D eigenvalue weighted by Gasteiger charge is -2.31. The molecule has 0 saturated carbocycles. The topological polar surface area (TPSA) is 46.5 Å². The summed E-state index contributed by atoms with van der Waals surface area (Å²) in [5.41, 5.74) is 0.704. The van der Waals surface area contributed by atoms with E-state index < -0.39 is 5.72 Å². The molecule has 148 valence electrons. The first-order chi connectivity index (χ1) is 13.7. The summed E-state index contributed by atoms with van der Waals surface area (Å²) in [6.07, 6.45) is 2.24. The summed E-state index contributed by atoms with van der Waals surface area (Å²) in [6, 6.07) is 15.8. The molecule has 0 amide bonds. The van der Waals surface area contributed by atoms with Gasteiger partial charge in [-0.1, -0.05) is 37.6 Å². The van der Waals surface area contributed by atoms with Gasteiger partial charge in [0.1, 0.15) is 11.5 Å². The van der Waals surface area contributed by atoms with Crippen molar-refractivity contribution in [2.75, 3.05) is 26.9 Å². The summed E-state index contributed by atoms with van der Waals surface area (Å²) in [5.74, 6) is 2.25. The molecule has 0 bridgehead atoms. The SMILES string of the molecule is CCCCN(CC)C1=NC2(ON1C)c1ccccc1OCOc1ccccc12. The fraction of sp³-hybridized carbons (Fsp3) is 0.409. The molecule has 28 heavy (non-hydrogen) atoms. The number of aliphatic imine (C=N–C) groups is 1. The molecule has 6 heteroatoms. The van der Waals surface area contributed by atoms with Gasteiger partial charge in [0.2, 0.25) is 18.5 Å². The summed E-state index contributed by atoms with van der Waals surface area (Å²) in [7, 11) is 1.91. The van der Waals surface area contributed by atoms with Crippen LogP contribution in [0.5, 0.6) is 11.5 Å². The van der Waals surface area contributed by atoms with Gasteiger partial charge in [-0.25, -0.2) is 14.9 Å². The maximum absolute atomic E-state index is 6.48. The van der Waals surface area contributed by atoms with Crippen molar-refractivity contribution in [3.63, 3.8) is 0 Å². The predicted molar refractivity (Wildman–Crippen MR) is 108 cm³/mol. The van der Waals surface area contributed by atoms with E-state index in [0.29, 0.717) is 11.5 Å². The molecule has 0 radical (unpaired) electrons. The Balaban J connectivity index is 1.90. The van der Waals surface area contributed by atoms with Crippen molar-refractivity contribution in [2.45, 2.75) is 32.4 Å². The van der Waals surface area contributed by atoms with E-state index in [2.05, 4.69) is 18.7 Å². The summed E-state index contributed by atoms with van der Waals surface area (Å²) in [4.78, 5) is 13.9. The van der Waals surface area contributed by atoms with Gasteiger partial charge in [0.25, 0.3) is 0 Å². The lowest BCUT2D eigenvalue weighted by Crippen LogP contribution is -2.40. The zero-order chi connectivity index (χ0) is 19.6. The maximum atomic E-state index is 6.48. The fourth-order valence-corrected chi connectivity index (χ4v) is 3.75. The zero-order valence-corrected chi connectivity index (χ0v) is 16.7. The highest BCUT2D eigenvalue weighted by atomic mass is 16.7. The van der Waals surface area contributed by atoms with Crippen molar-refractivity contribution in [1.29, 1.82) is 0 Å². The quantitative estimate of drug-likeness (QED) is 0.802. The van der Waals surface area contributed by atoms with Crippen molar-refractivity contribution in [2.24, 2.45) is 4.99 Å². The second kappa shape index (κ2) is 7.72. The van der Waals surface area contributed by atoms with Crippen LogP contribution in [0.2, 0.25) is 0 Å². The first-order valence-corrected chi connectivity index (χ1v) is 9.92. The molecule has 0 N–H and O–H groups in total. The molecule has 0 atom stereocenters. The van der Waals surface area contributed by atoms with E-state index in [-0.39, 0.29) is 6.79 Å². The Hall–Kier alpha value is -2.73. The van der Waals surface area contributed by atoms with Crippen molar-refractivity contribution >= 4 is 5.96 Å². The normalized spacial score (nSPS) is 17.0. The third-order valence-electron chi connectivity index (χ3n) is 5.19. The molecule has 2 aliphatic heterocycles. The molecule has 2 aromatic carbocycles. The van der Waals surface area contributed by atoms with Crippen LogP contribution in [0, 0.1) is 0 Å². The monoisotopic (exact) mass is 381 g/mol. The van der Waals surface area contributed by atoms with E-state index in [9.17, 15) is 0 Å². The molecule has 0 fully saturated rings. The minimum absolute atomic E-state index is 0.147. The van der Waals surface area contributed by atoms with Gasteiger partial charge < -0.3 is 14.4 Å². The molecule has 2 heterocycles. The second-order valence-corrected chi connectivity index (χ2v) is 6.98. The molecule has 0 saturated heterocycles. The van der Waals surface area contributed by atoms with E-state index >= 15 is 0 Å². The van der Waals surface area contributed by atoms with Crippen molar-refractivity contribution in [1.82, 2.24) is 9.96 Å². The van der Waals surface area contributed by atoms with Gasteiger partial charge in [-0.15, -0.1) is 0 Å². The largest absolute Gasteiger partial charge is 0.457 e. The van der Waals surface area contributed by atoms with Gasteiger partial charge in [0, 0.05) is 20.1 Å². The van der Waals surface area contributed by atoms with Crippen LogP contribution in [0.4, 0.5) is 0 Å². The van der Waals surface area contributed by atoms with Crippen LogP contribution in [-0.4, -0.2) is 42.9 Å². The highest BCUT2D eigenvalue weighted by Gasteiger charge is 2.48. The van der Waals surface area contributed by atoms with E-state index in [4.69, 9.17) is 19.3 Å². The molecular formula is C22H27N3O3. The van der Waals surface area contributed by atoms with Gasteiger partial charge in [-0.3, -0.25) is 0 Å². The molecule has 0 aliphatic carbocycles. The highest BCUT2D eigenvalue weighted by molar-refractivity contribution is 5.81. The van der Waals surface area contributed by atoms with E-state index in [0.717, 1.165) is 43.0 Å². The first-order valence-electron chi connectivity index (χ1n) is 9.92. The number of ether oxygens (including phenoxy) is 2.